The summed E-state index contributed by atoms with van der Waals surface area (Å²) in [6, 6.07) is 4.32. The van der Waals surface area contributed by atoms with Gasteiger partial charge in [0, 0.05) is 49.9 Å². The van der Waals surface area contributed by atoms with Gasteiger partial charge in [-0.15, -0.1) is 0 Å². The molecular formula is C27H36N8O2S. The Morgan fingerprint density at radius 1 is 1.11 bits per heavy atom. The molecule has 2 unspecified atom stereocenters. The topological polar surface area (TPSA) is 101 Å². The second kappa shape index (κ2) is 12.0. The summed E-state index contributed by atoms with van der Waals surface area (Å²) in [4.78, 5) is 22.3. The number of fused-ring (bicyclic) bond motifs is 1. The number of thiocarbonyl (C=S) groups is 1. The number of nitrogens with one attached hydrogen (secondary N) is 2. The fourth-order valence-electron chi connectivity index (χ4n) is 5.03. The number of piperidine rings is 1. The lowest BCUT2D eigenvalue weighted by molar-refractivity contribution is 0.148. The minimum atomic E-state index is 0.0338. The molecule has 4 heterocycles. The molecule has 2 fully saturated rings. The van der Waals surface area contributed by atoms with Gasteiger partial charge in [0.2, 0.25) is 0 Å². The van der Waals surface area contributed by atoms with E-state index in [0.29, 0.717) is 24.1 Å². The highest BCUT2D eigenvalue weighted by Gasteiger charge is 2.25. The number of benzene rings is 1. The molecule has 202 valence electrons. The van der Waals surface area contributed by atoms with Gasteiger partial charge in [-0.2, -0.15) is 0 Å². The fraction of sp³-hybridized carbons (Fsp3) is 0.519. The molecule has 2 N–H and O–H groups in total. The summed E-state index contributed by atoms with van der Waals surface area (Å²) >= 11 is 5.65. The van der Waals surface area contributed by atoms with Gasteiger partial charge in [0.1, 0.15) is 18.2 Å². The number of hydrogen-bond acceptors (Lipinski definition) is 9. The molecule has 2 aliphatic rings. The molecule has 0 aliphatic carbocycles. The number of rotatable bonds is 7. The molecule has 11 heteroatoms. The molecule has 10 nitrogen and oxygen atoms in total. The van der Waals surface area contributed by atoms with Gasteiger partial charge in [-0.25, -0.2) is 9.97 Å². The van der Waals surface area contributed by atoms with Gasteiger partial charge in [0.25, 0.3) is 0 Å². The Balaban J connectivity index is 1.24. The molecule has 2 aromatic heterocycles. The summed E-state index contributed by atoms with van der Waals surface area (Å²) in [7, 11) is 1.68. The van der Waals surface area contributed by atoms with Crippen LogP contribution in [0.1, 0.15) is 37.6 Å². The highest BCUT2D eigenvalue weighted by atomic mass is 32.1. The fourth-order valence-corrected chi connectivity index (χ4v) is 5.28. The van der Waals surface area contributed by atoms with Crippen LogP contribution in [0.4, 0.5) is 5.82 Å². The van der Waals surface area contributed by atoms with E-state index in [2.05, 4.69) is 47.3 Å². The second-order valence-corrected chi connectivity index (χ2v) is 10.3. The van der Waals surface area contributed by atoms with Crippen molar-refractivity contribution in [3.8, 4) is 11.5 Å². The average molecular weight is 537 g/mol. The van der Waals surface area contributed by atoms with Gasteiger partial charge < -0.3 is 29.9 Å². The zero-order valence-corrected chi connectivity index (χ0v) is 23.1. The molecule has 5 rings (SSSR count). The molecule has 0 saturated carbocycles. The number of aromatic nitrogens is 4. The third-order valence-corrected chi connectivity index (χ3v) is 7.65. The lowest BCUT2D eigenvalue weighted by Gasteiger charge is -2.37. The minimum absolute atomic E-state index is 0.0338. The summed E-state index contributed by atoms with van der Waals surface area (Å²) in [6.45, 7) is 8.82. The maximum Gasteiger partial charge on any atom is 0.169 e. The SMILES string of the molecule is COc1cc2c(N3CCN(C(=S)NCc4cnc(C)cn4)CC3)ncnc2cc1OC(C)C1CCCCN1. The van der Waals surface area contributed by atoms with Crippen molar-refractivity contribution in [1.29, 1.82) is 0 Å². The Bertz CT molecular complexity index is 1240. The van der Waals surface area contributed by atoms with Crippen LogP contribution in [-0.2, 0) is 6.54 Å². The predicted octanol–water partition coefficient (Wildman–Crippen LogP) is 2.84. The maximum atomic E-state index is 6.37. The average Bonchev–Trinajstić information content (AvgIpc) is 2.96. The molecule has 0 bridgehead atoms. The van der Waals surface area contributed by atoms with Gasteiger partial charge in [-0.1, -0.05) is 6.42 Å². The van der Waals surface area contributed by atoms with Crippen molar-refractivity contribution >= 4 is 34.1 Å². The molecule has 1 aromatic carbocycles. The van der Waals surface area contributed by atoms with E-state index in [1.54, 1.807) is 25.8 Å². The molecule has 2 saturated heterocycles. The Labute approximate surface area is 229 Å². The smallest absolute Gasteiger partial charge is 0.169 e. The zero-order chi connectivity index (χ0) is 26.5. The summed E-state index contributed by atoms with van der Waals surface area (Å²) in [5, 5.41) is 8.56. The van der Waals surface area contributed by atoms with Crippen molar-refractivity contribution in [1.82, 2.24) is 35.5 Å². The quantitative estimate of drug-likeness (QED) is 0.436. The van der Waals surface area contributed by atoms with Crippen LogP contribution in [0.5, 0.6) is 11.5 Å². The van der Waals surface area contributed by atoms with Crippen molar-refractivity contribution in [2.45, 2.75) is 51.8 Å². The molecule has 2 atom stereocenters. The van der Waals surface area contributed by atoms with E-state index in [-0.39, 0.29) is 6.10 Å². The van der Waals surface area contributed by atoms with Gasteiger partial charge in [-0.05, 0) is 51.5 Å². The first-order chi connectivity index (χ1) is 18.5. The van der Waals surface area contributed by atoms with Gasteiger partial charge in [0.15, 0.2) is 16.6 Å². The van der Waals surface area contributed by atoms with Crippen LogP contribution in [-0.4, -0.2) is 81.9 Å². The van der Waals surface area contributed by atoms with E-state index in [0.717, 1.165) is 72.4 Å². The molecule has 2 aliphatic heterocycles. The van der Waals surface area contributed by atoms with Crippen LogP contribution in [0.3, 0.4) is 0 Å². The normalized spacial score (nSPS) is 18.8. The van der Waals surface area contributed by atoms with E-state index in [9.17, 15) is 0 Å². The Morgan fingerprint density at radius 3 is 2.66 bits per heavy atom. The molecule has 3 aromatic rings. The summed E-state index contributed by atoms with van der Waals surface area (Å²) in [6.07, 6.45) is 8.78. The van der Waals surface area contributed by atoms with Gasteiger partial charge in [0.05, 0.1) is 36.8 Å². The monoisotopic (exact) mass is 536 g/mol. The van der Waals surface area contributed by atoms with E-state index >= 15 is 0 Å². The first-order valence-electron chi connectivity index (χ1n) is 13.3. The molecule has 0 amide bonds. The largest absolute Gasteiger partial charge is 0.493 e. The van der Waals surface area contributed by atoms with E-state index in [1.165, 1.54) is 12.8 Å². The summed E-state index contributed by atoms with van der Waals surface area (Å²) < 4.78 is 12.1. The number of aryl methyl sites for hydroxylation is 1. The second-order valence-electron chi connectivity index (χ2n) is 9.88. The first-order valence-corrected chi connectivity index (χ1v) is 13.7. The highest BCUT2D eigenvalue weighted by Crippen LogP contribution is 2.36. The Morgan fingerprint density at radius 2 is 1.95 bits per heavy atom. The zero-order valence-electron chi connectivity index (χ0n) is 22.3. The lowest BCUT2D eigenvalue weighted by Crippen LogP contribution is -2.51. The number of piperazine rings is 1. The third-order valence-electron chi connectivity index (χ3n) is 7.25. The Hall–Kier alpha value is -3.31. The van der Waals surface area contributed by atoms with Crippen molar-refractivity contribution in [2.75, 3.05) is 44.7 Å². The first kappa shape index (κ1) is 26.3. The number of hydrogen-bond donors (Lipinski definition) is 2. The van der Waals surface area contributed by atoms with E-state index in [1.807, 2.05) is 19.1 Å². The van der Waals surface area contributed by atoms with Crippen molar-refractivity contribution in [2.24, 2.45) is 0 Å². The number of nitrogens with zero attached hydrogens (tertiary/aromatic N) is 6. The van der Waals surface area contributed by atoms with Crippen molar-refractivity contribution < 1.29 is 9.47 Å². The molecule has 0 spiro atoms. The van der Waals surface area contributed by atoms with Crippen LogP contribution < -0.4 is 25.0 Å². The van der Waals surface area contributed by atoms with E-state index in [4.69, 9.17) is 21.7 Å². The number of anilines is 1. The minimum Gasteiger partial charge on any atom is -0.493 e. The van der Waals surface area contributed by atoms with Crippen LogP contribution >= 0.6 is 12.2 Å². The summed E-state index contributed by atoms with van der Waals surface area (Å²) in [5.74, 6) is 2.30. The summed E-state index contributed by atoms with van der Waals surface area (Å²) in [5.41, 5.74) is 2.61. The molecular weight excluding hydrogens is 500 g/mol. The van der Waals surface area contributed by atoms with Crippen LogP contribution in [0.25, 0.3) is 10.9 Å². The predicted molar refractivity (Wildman–Crippen MR) is 152 cm³/mol. The van der Waals surface area contributed by atoms with Crippen LogP contribution in [0, 0.1) is 6.92 Å². The molecule has 38 heavy (non-hydrogen) atoms. The lowest BCUT2D eigenvalue weighted by atomic mass is 10.0. The highest BCUT2D eigenvalue weighted by molar-refractivity contribution is 7.80. The van der Waals surface area contributed by atoms with Crippen molar-refractivity contribution in [3.05, 3.63) is 42.2 Å². The maximum absolute atomic E-state index is 6.37. The third kappa shape index (κ3) is 6.05. The standard InChI is InChI=1S/C27H36N8O2S/c1-18-14-30-20(15-29-18)16-31-27(38)35-10-8-34(9-11-35)26-21-12-24(36-3)25(13-23(21)32-17-33-26)37-19(2)22-6-4-5-7-28-22/h12-15,17,19,22,28H,4-11,16H2,1-3H3,(H,31,38). The molecule has 0 radical (unpaired) electrons. The van der Waals surface area contributed by atoms with Gasteiger partial charge >= 0.3 is 0 Å². The van der Waals surface area contributed by atoms with Gasteiger partial charge in [-0.3, -0.25) is 9.97 Å². The van der Waals surface area contributed by atoms with Crippen molar-refractivity contribution in [3.63, 3.8) is 0 Å². The number of methoxy groups -OCH3 is 1. The van der Waals surface area contributed by atoms with Crippen LogP contribution in [0.2, 0.25) is 0 Å². The van der Waals surface area contributed by atoms with E-state index < -0.39 is 0 Å². The van der Waals surface area contributed by atoms with Crippen LogP contribution in [0.15, 0.2) is 30.9 Å². The number of ether oxygens (including phenoxy) is 2. The Kier molecular flexibility index (Phi) is 8.33.